The van der Waals surface area contributed by atoms with Gasteiger partial charge in [-0.15, -0.1) is 21.5 Å². The van der Waals surface area contributed by atoms with Crippen molar-refractivity contribution in [1.29, 1.82) is 0 Å². The zero-order chi connectivity index (χ0) is 18.7. The normalized spacial score (nSPS) is 12.2. The molecule has 1 aromatic carbocycles. The van der Waals surface area contributed by atoms with E-state index >= 15 is 0 Å². The number of aromatic nitrogens is 3. The number of hydrogen-bond acceptors (Lipinski definition) is 7. The topological polar surface area (TPSA) is 80.9 Å². The fraction of sp³-hybridized carbons (Fsp3) is 0.333. The second kappa shape index (κ2) is 8.01. The Morgan fingerprint density at radius 3 is 2.62 bits per heavy atom. The number of nitrogens with one attached hydrogen (secondary N) is 1. The minimum absolute atomic E-state index is 0.0693. The minimum Gasteiger partial charge on any atom is -0.410 e. The summed E-state index contributed by atoms with van der Waals surface area (Å²) in [5, 5.41) is 12.0. The molecule has 1 unspecified atom stereocenters. The molecule has 0 radical (unpaired) electrons. The molecule has 0 fully saturated rings. The van der Waals surface area contributed by atoms with E-state index in [2.05, 4.69) is 20.5 Å². The number of thioether (sulfide) groups is 1. The summed E-state index contributed by atoms with van der Waals surface area (Å²) in [6.45, 7) is 8.21. The Hall–Kier alpha value is -2.19. The lowest BCUT2D eigenvalue weighted by atomic mass is 10.1. The van der Waals surface area contributed by atoms with Crippen molar-refractivity contribution in [2.75, 3.05) is 0 Å². The van der Waals surface area contributed by atoms with Crippen molar-refractivity contribution in [2.24, 2.45) is 0 Å². The average molecular weight is 389 g/mol. The second-order valence-corrected chi connectivity index (χ2v) is 8.48. The molecule has 0 aliphatic rings. The third-order valence-corrected chi connectivity index (χ3v) is 5.73. The SMILES string of the molecule is Cc1ccc(CNC(=O)C(C)Sc2nnc(-c3sc(C)nc3C)o2)cc1. The molecule has 0 bridgehead atoms. The van der Waals surface area contributed by atoms with Crippen molar-refractivity contribution in [2.45, 2.75) is 44.7 Å². The lowest BCUT2D eigenvalue weighted by molar-refractivity contribution is -0.120. The van der Waals surface area contributed by atoms with Crippen LogP contribution in [0.5, 0.6) is 0 Å². The van der Waals surface area contributed by atoms with E-state index in [0.29, 0.717) is 17.7 Å². The lowest BCUT2D eigenvalue weighted by Gasteiger charge is -2.10. The average Bonchev–Trinajstić information content (AvgIpc) is 3.19. The summed E-state index contributed by atoms with van der Waals surface area (Å²) in [5.74, 6) is 0.378. The van der Waals surface area contributed by atoms with E-state index in [1.54, 1.807) is 0 Å². The monoisotopic (exact) mass is 388 g/mol. The van der Waals surface area contributed by atoms with E-state index in [1.165, 1.54) is 28.7 Å². The number of aryl methyl sites for hydroxylation is 3. The van der Waals surface area contributed by atoms with Crippen LogP contribution in [-0.2, 0) is 11.3 Å². The van der Waals surface area contributed by atoms with Gasteiger partial charge in [0, 0.05) is 6.54 Å². The molecule has 0 aliphatic heterocycles. The highest BCUT2D eigenvalue weighted by molar-refractivity contribution is 8.00. The molecule has 1 amide bonds. The molecule has 2 heterocycles. The maximum atomic E-state index is 12.3. The first-order chi connectivity index (χ1) is 12.4. The van der Waals surface area contributed by atoms with Crippen LogP contribution in [0.3, 0.4) is 0 Å². The van der Waals surface area contributed by atoms with Crippen LogP contribution in [0, 0.1) is 20.8 Å². The van der Waals surface area contributed by atoms with Crippen molar-refractivity contribution in [3.8, 4) is 10.8 Å². The van der Waals surface area contributed by atoms with E-state index in [9.17, 15) is 4.79 Å². The van der Waals surface area contributed by atoms with Gasteiger partial charge in [0.1, 0.15) is 4.88 Å². The van der Waals surface area contributed by atoms with Gasteiger partial charge in [-0.3, -0.25) is 4.79 Å². The van der Waals surface area contributed by atoms with Crippen LogP contribution in [0.2, 0.25) is 0 Å². The summed E-state index contributed by atoms with van der Waals surface area (Å²) in [7, 11) is 0. The van der Waals surface area contributed by atoms with Crippen molar-refractivity contribution < 1.29 is 9.21 Å². The van der Waals surface area contributed by atoms with Crippen molar-refractivity contribution in [1.82, 2.24) is 20.5 Å². The van der Waals surface area contributed by atoms with Gasteiger partial charge in [0.15, 0.2) is 0 Å². The molecule has 26 heavy (non-hydrogen) atoms. The van der Waals surface area contributed by atoms with Crippen LogP contribution >= 0.6 is 23.1 Å². The Morgan fingerprint density at radius 2 is 1.96 bits per heavy atom. The van der Waals surface area contributed by atoms with E-state index in [1.807, 2.05) is 52.0 Å². The smallest absolute Gasteiger partial charge is 0.277 e. The van der Waals surface area contributed by atoms with E-state index < -0.39 is 0 Å². The number of hydrogen-bond donors (Lipinski definition) is 1. The van der Waals surface area contributed by atoms with Crippen LogP contribution < -0.4 is 5.32 Å². The molecule has 3 rings (SSSR count). The van der Waals surface area contributed by atoms with Gasteiger partial charge in [-0.1, -0.05) is 41.6 Å². The molecule has 0 spiro atoms. The molecule has 8 heteroatoms. The van der Waals surface area contributed by atoms with Gasteiger partial charge in [-0.05, 0) is 33.3 Å². The summed E-state index contributed by atoms with van der Waals surface area (Å²) < 4.78 is 5.69. The lowest BCUT2D eigenvalue weighted by Crippen LogP contribution is -2.30. The summed E-state index contributed by atoms with van der Waals surface area (Å²) in [6, 6.07) is 8.08. The molecule has 1 atom stereocenters. The Morgan fingerprint density at radius 1 is 1.23 bits per heavy atom. The molecule has 1 N–H and O–H groups in total. The van der Waals surface area contributed by atoms with Crippen molar-refractivity contribution >= 4 is 29.0 Å². The summed E-state index contributed by atoms with van der Waals surface area (Å²) in [4.78, 5) is 17.5. The van der Waals surface area contributed by atoms with Crippen LogP contribution in [0.4, 0.5) is 0 Å². The number of benzene rings is 1. The van der Waals surface area contributed by atoms with Gasteiger partial charge < -0.3 is 9.73 Å². The van der Waals surface area contributed by atoms with Gasteiger partial charge in [0.05, 0.1) is 16.0 Å². The highest BCUT2D eigenvalue weighted by Crippen LogP contribution is 2.31. The number of carbonyl (C=O) groups is 1. The minimum atomic E-state index is -0.335. The second-order valence-electron chi connectivity index (χ2n) is 5.98. The van der Waals surface area contributed by atoms with Crippen LogP contribution in [0.1, 0.15) is 28.8 Å². The molecule has 0 saturated carbocycles. The summed E-state index contributed by atoms with van der Waals surface area (Å²) in [5.41, 5.74) is 3.14. The number of amides is 1. The Bertz CT molecular complexity index is 902. The van der Waals surface area contributed by atoms with E-state index in [0.717, 1.165) is 21.1 Å². The predicted molar refractivity (Wildman–Crippen MR) is 103 cm³/mol. The van der Waals surface area contributed by atoms with E-state index in [4.69, 9.17) is 4.42 Å². The van der Waals surface area contributed by atoms with E-state index in [-0.39, 0.29) is 11.2 Å². The molecule has 0 saturated heterocycles. The fourth-order valence-corrected chi connectivity index (χ4v) is 3.87. The van der Waals surface area contributed by atoms with Gasteiger partial charge in [0.25, 0.3) is 11.1 Å². The van der Waals surface area contributed by atoms with Crippen LogP contribution in [0.15, 0.2) is 33.9 Å². The number of rotatable bonds is 6. The molecule has 6 nitrogen and oxygen atoms in total. The standard InChI is InChI=1S/C18H20N4O2S2/c1-10-5-7-14(8-6-10)9-19-16(23)12(3)25-18-22-21-17(24-18)15-11(2)20-13(4)26-15/h5-8,12H,9H2,1-4H3,(H,19,23). The van der Waals surface area contributed by atoms with Gasteiger partial charge in [-0.2, -0.15) is 0 Å². The largest absolute Gasteiger partial charge is 0.410 e. The summed E-state index contributed by atoms with van der Waals surface area (Å²) >= 11 is 2.77. The first-order valence-corrected chi connectivity index (χ1v) is 9.90. The van der Waals surface area contributed by atoms with Gasteiger partial charge >= 0.3 is 0 Å². The molecule has 0 aliphatic carbocycles. The predicted octanol–water partition coefficient (Wildman–Crippen LogP) is 3.92. The third-order valence-electron chi connectivity index (χ3n) is 3.74. The summed E-state index contributed by atoms with van der Waals surface area (Å²) in [6.07, 6.45) is 0. The number of nitrogens with zero attached hydrogens (tertiary/aromatic N) is 3. The third kappa shape index (κ3) is 4.50. The molecule has 136 valence electrons. The quantitative estimate of drug-likeness (QED) is 0.645. The zero-order valence-electron chi connectivity index (χ0n) is 15.1. The molecular formula is C18H20N4O2S2. The van der Waals surface area contributed by atoms with Crippen LogP contribution in [-0.4, -0.2) is 26.3 Å². The van der Waals surface area contributed by atoms with Gasteiger partial charge in [0.2, 0.25) is 5.91 Å². The first-order valence-electron chi connectivity index (χ1n) is 8.20. The first kappa shape index (κ1) is 18.6. The highest BCUT2D eigenvalue weighted by atomic mass is 32.2. The highest BCUT2D eigenvalue weighted by Gasteiger charge is 2.20. The maximum Gasteiger partial charge on any atom is 0.277 e. The Balaban J connectivity index is 1.57. The maximum absolute atomic E-state index is 12.3. The molecule has 3 aromatic rings. The van der Waals surface area contributed by atoms with Crippen LogP contribution in [0.25, 0.3) is 10.8 Å². The van der Waals surface area contributed by atoms with Gasteiger partial charge in [-0.25, -0.2) is 4.98 Å². The van der Waals surface area contributed by atoms with Crippen molar-refractivity contribution in [3.05, 3.63) is 46.1 Å². The Labute approximate surface area is 160 Å². The van der Waals surface area contributed by atoms with Crippen molar-refractivity contribution in [3.63, 3.8) is 0 Å². The number of carbonyl (C=O) groups excluding carboxylic acids is 1. The Kier molecular flexibility index (Phi) is 5.73. The zero-order valence-corrected chi connectivity index (χ0v) is 16.7. The number of thiazole rings is 1. The molecule has 2 aromatic heterocycles. The molecular weight excluding hydrogens is 368 g/mol. The fourth-order valence-electron chi connectivity index (χ4n) is 2.32.